The Kier molecular flexibility index (Phi) is 4.15. The summed E-state index contributed by atoms with van der Waals surface area (Å²) in [4.78, 5) is 0. The molecule has 0 saturated carbocycles. The molecule has 15 heavy (non-hydrogen) atoms. The maximum absolute atomic E-state index is 11.6. The van der Waals surface area contributed by atoms with Crippen molar-refractivity contribution < 1.29 is 8.42 Å². The smallest absolute Gasteiger partial charge is 0.232 e. The quantitative estimate of drug-likeness (QED) is 0.773. The van der Waals surface area contributed by atoms with E-state index in [1.807, 2.05) is 37.3 Å². The van der Waals surface area contributed by atoms with E-state index >= 15 is 0 Å². The summed E-state index contributed by atoms with van der Waals surface area (Å²) >= 11 is 0. The van der Waals surface area contributed by atoms with Crippen molar-refractivity contribution in [2.24, 2.45) is 0 Å². The van der Waals surface area contributed by atoms with Crippen molar-refractivity contribution in [3.8, 4) is 0 Å². The number of hydrogen-bond donors (Lipinski definition) is 0. The van der Waals surface area contributed by atoms with Gasteiger partial charge >= 0.3 is 0 Å². The van der Waals surface area contributed by atoms with E-state index in [0.29, 0.717) is 6.54 Å². The standard InChI is InChI=1S/C11H17NO2S/c1-3-4-10-12(15(2,13)14)11-8-6-5-7-9-11/h5-9H,3-4,10H2,1-2H3. The highest BCUT2D eigenvalue weighted by atomic mass is 32.2. The predicted octanol–water partition coefficient (Wildman–Crippen LogP) is 2.25. The van der Waals surface area contributed by atoms with Crippen LogP contribution in [-0.2, 0) is 10.0 Å². The van der Waals surface area contributed by atoms with Gasteiger partial charge in [0.2, 0.25) is 10.0 Å². The SMILES string of the molecule is CCCCN(c1ccccc1)S(C)(=O)=O. The third-order valence-electron chi connectivity index (χ3n) is 2.16. The number of hydrogen-bond acceptors (Lipinski definition) is 2. The summed E-state index contributed by atoms with van der Waals surface area (Å²) in [5, 5.41) is 0. The fraction of sp³-hybridized carbons (Fsp3) is 0.455. The van der Waals surface area contributed by atoms with Crippen LogP contribution in [0, 0.1) is 0 Å². The van der Waals surface area contributed by atoms with E-state index in [-0.39, 0.29) is 0 Å². The molecule has 0 aliphatic rings. The van der Waals surface area contributed by atoms with E-state index in [9.17, 15) is 8.42 Å². The topological polar surface area (TPSA) is 37.4 Å². The molecular formula is C11H17NO2S. The lowest BCUT2D eigenvalue weighted by Crippen LogP contribution is -2.30. The molecule has 0 N–H and O–H groups in total. The van der Waals surface area contributed by atoms with Gasteiger partial charge in [-0.2, -0.15) is 0 Å². The van der Waals surface area contributed by atoms with Crippen molar-refractivity contribution in [2.75, 3.05) is 17.1 Å². The summed E-state index contributed by atoms with van der Waals surface area (Å²) in [6.07, 6.45) is 3.11. The molecule has 1 aromatic carbocycles. The summed E-state index contributed by atoms with van der Waals surface area (Å²) in [5.41, 5.74) is 0.744. The minimum atomic E-state index is -3.16. The van der Waals surface area contributed by atoms with E-state index in [0.717, 1.165) is 18.5 Å². The monoisotopic (exact) mass is 227 g/mol. The van der Waals surface area contributed by atoms with Gasteiger partial charge in [-0.05, 0) is 18.6 Å². The van der Waals surface area contributed by atoms with Gasteiger partial charge in [-0.15, -0.1) is 0 Å². The van der Waals surface area contributed by atoms with E-state index in [2.05, 4.69) is 0 Å². The minimum absolute atomic E-state index is 0.555. The Bertz CT molecular complexity index is 386. The number of anilines is 1. The highest BCUT2D eigenvalue weighted by molar-refractivity contribution is 7.92. The van der Waals surface area contributed by atoms with Crippen molar-refractivity contribution in [3.05, 3.63) is 30.3 Å². The lowest BCUT2D eigenvalue weighted by molar-refractivity contribution is 0.594. The zero-order chi connectivity index (χ0) is 11.3. The van der Waals surface area contributed by atoms with Gasteiger partial charge in [-0.1, -0.05) is 31.5 Å². The molecule has 0 radical (unpaired) electrons. The summed E-state index contributed by atoms with van der Waals surface area (Å²) in [6.45, 7) is 2.60. The fourth-order valence-electron chi connectivity index (χ4n) is 1.38. The maximum atomic E-state index is 11.6. The summed E-state index contributed by atoms with van der Waals surface area (Å²) in [7, 11) is -3.16. The molecule has 0 heterocycles. The van der Waals surface area contributed by atoms with Crippen LogP contribution in [0.2, 0.25) is 0 Å². The van der Waals surface area contributed by atoms with Crippen LogP contribution in [0.15, 0.2) is 30.3 Å². The molecule has 0 amide bonds. The van der Waals surface area contributed by atoms with Gasteiger partial charge in [-0.3, -0.25) is 4.31 Å². The van der Waals surface area contributed by atoms with Crippen LogP contribution in [0.5, 0.6) is 0 Å². The van der Waals surface area contributed by atoms with Gasteiger partial charge in [0.15, 0.2) is 0 Å². The number of benzene rings is 1. The largest absolute Gasteiger partial charge is 0.270 e. The number of nitrogens with zero attached hydrogens (tertiary/aromatic N) is 1. The zero-order valence-electron chi connectivity index (χ0n) is 9.18. The van der Waals surface area contributed by atoms with Gasteiger partial charge in [0.05, 0.1) is 11.9 Å². The number of sulfonamides is 1. The van der Waals surface area contributed by atoms with Crippen LogP contribution < -0.4 is 4.31 Å². The first kappa shape index (κ1) is 12.0. The molecule has 3 nitrogen and oxygen atoms in total. The second-order valence-corrected chi connectivity index (χ2v) is 5.43. The van der Waals surface area contributed by atoms with E-state index in [1.165, 1.54) is 10.6 Å². The van der Waals surface area contributed by atoms with Crippen molar-refractivity contribution in [2.45, 2.75) is 19.8 Å². The molecule has 0 unspecified atom stereocenters. The third kappa shape index (κ3) is 3.55. The Morgan fingerprint density at radius 1 is 1.20 bits per heavy atom. The number of para-hydroxylation sites is 1. The Morgan fingerprint density at radius 3 is 2.27 bits per heavy atom. The average Bonchev–Trinajstić information content (AvgIpc) is 2.18. The third-order valence-corrected chi connectivity index (χ3v) is 3.35. The van der Waals surface area contributed by atoms with Crippen LogP contribution in [0.1, 0.15) is 19.8 Å². The second kappa shape index (κ2) is 5.16. The summed E-state index contributed by atoms with van der Waals surface area (Å²) in [6, 6.07) is 9.20. The summed E-state index contributed by atoms with van der Waals surface area (Å²) < 4.78 is 24.6. The average molecular weight is 227 g/mol. The van der Waals surface area contributed by atoms with Crippen LogP contribution in [0.3, 0.4) is 0 Å². The fourth-order valence-corrected chi connectivity index (χ4v) is 2.35. The number of rotatable bonds is 5. The van der Waals surface area contributed by atoms with Crippen LogP contribution in [0.25, 0.3) is 0 Å². The Balaban J connectivity index is 2.92. The lowest BCUT2D eigenvalue weighted by atomic mass is 10.3. The molecule has 1 aromatic rings. The second-order valence-electron chi connectivity index (χ2n) is 3.52. The first-order valence-electron chi connectivity index (χ1n) is 5.08. The van der Waals surface area contributed by atoms with Gasteiger partial charge < -0.3 is 0 Å². The van der Waals surface area contributed by atoms with Gasteiger partial charge in [0.25, 0.3) is 0 Å². The zero-order valence-corrected chi connectivity index (χ0v) is 10.00. The normalized spacial score (nSPS) is 11.3. The molecule has 0 spiro atoms. The van der Waals surface area contributed by atoms with Crippen LogP contribution >= 0.6 is 0 Å². The highest BCUT2D eigenvalue weighted by Crippen LogP contribution is 2.17. The number of unbranched alkanes of at least 4 members (excludes halogenated alkanes) is 1. The predicted molar refractivity (Wildman–Crippen MR) is 63.5 cm³/mol. The maximum Gasteiger partial charge on any atom is 0.232 e. The molecule has 84 valence electrons. The van der Waals surface area contributed by atoms with Crippen LogP contribution in [-0.4, -0.2) is 21.2 Å². The molecular weight excluding hydrogens is 210 g/mol. The molecule has 1 rings (SSSR count). The van der Waals surface area contributed by atoms with Crippen LogP contribution in [0.4, 0.5) is 5.69 Å². The molecule has 0 aliphatic carbocycles. The van der Waals surface area contributed by atoms with E-state index < -0.39 is 10.0 Å². The summed E-state index contributed by atoms with van der Waals surface area (Å²) in [5.74, 6) is 0. The Hall–Kier alpha value is -1.03. The van der Waals surface area contributed by atoms with Crippen molar-refractivity contribution >= 4 is 15.7 Å². The molecule has 0 atom stereocenters. The molecule has 0 aliphatic heterocycles. The van der Waals surface area contributed by atoms with Crippen molar-refractivity contribution in [3.63, 3.8) is 0 Å². The van der Waals surface area contributed by atoms with Gasteiger partial charge in [-0.25, -0.2) is 8.42 Å². The van der Waals surface area contributed by atoms with Gasteiger partial charge in [0.1, 0.15) is 0 Å². The first-order chi connectivity index (χ1) is 7.05. The highest BCUT2D eigenvalue weighted by Gasteiger charge is 2.15. The Labute approximate surface area is 91.8 Å². The molecule has 0 fully saturated rings. The van der Waals surface area contributed by atoms with E-state index in [1.54, 1.807) is 0 Å². The van der Waals surface area contributed by atoms with Gasteiger partial charge in [0, 0.05) is 6.54 Å². The minimum Gasteiger partial charge on any atom is -0.270 e. The Morgan fingerprint density at radius 2 is 1.80 bits per heavy atom. The molecule has 0 saturated heterocycles. The van der Waals surface area contributed by atoms with Crippen molar-refractivity contribution in [1.29, 1.82) is 0 Å². The van der Waals surface area contributed by atoms with Crippen molar-refractivity contribution in [1.82, 2.24) is 0 Å². The molecule has 4 heteroatoms. The lowest BCUT2D eigenvalue weighted by Gasteiger charge is -2.21. The first-order valence-corrected chi connectivity index (χ1v) is 6.93. The molecule has 0 bridgehead atoms. The molecule has 0 aromatic heterocycles. The van der Waals surface area contributed by atoms with E-state index in [4.69, 9.17) is 0 Å².